The minimum absolute atomic E-state index is 0.0127. The van der Waals surface area contributed by atoms with E-state index in [2.05, 4.69) is 41.4 Å². The van der Waals surface area contributed by atoms with Gasteiger partial charge in [0.05, 0.1) is 0 Å². The van der Waals surface area contributed by atoms with Gasteiger partial charge in [-0.25, -0.2) is 4.39 Å². The van der Waals surface area contributed by atoms with E-state index in [1.54, 1.807) is 16.6 Å². The normalized spacial score (nSPS) is 16.2. The van der Waals surface area contributed by atoms with Crippen LogP contribution in [0.2, 0.25) is 0 Å². The molecule has 0 spiro atoms. The molecule has 25 heavy (non-hydrogen) atoms. The van der Waals surface area contributed by atoms with Gasteiger partial charge in [0.1, 0.15) is 11.6 Å². The summed E-state index contributed by atoms with van der Waals surface area (Å²) < 4.78 is 15.3. The van der Waals surface area contributed by atoms with Crippen molar-refractivity contribution in [3.63, 3.8) is 0 Å². The van der Waals surface area contributed by atoms with Crippen LogP contribution in [0.1, 0.15) is 45.0 Å². The summed E-state index contributed by atoms with van der Waals surface area (Å²) >= 11 is 0. The lowest BCUT2D eigenvalue weighted by atomic mass is 9.96. The predicted molar refractivity (Wildman–Crippen MR) is 95.3 cm³/mol. The van der Waals surface area contributed by atoms with Gasteiger partial charge in [-0.3, -0.25) is 0 Å². The summed E-state index contributed by atoms with van der Waals surface area (Å²) in [7, 11) is 0. The van der Waals surface area contributed by atoms with Crippen LogP contribution >= 0.6 is 0 Å². The van der Waals surface area contributed by atoms with Crippen LogP contribution in [0.5, 0.6) is 0 Å². The van der Waals surface area contributed by atoms with E-state index in [0.29, 0.717) is 0 Å². The molecule has 0 amide bonds. The molecule has 0 saturated heterocycles. The first-order valence-corrected chi connectivity index (χ1v) is 8.60. The lowest BCUT2D eigenvalue weighted by Gasteiger charge is -2.18. The van der Waals surface area contributed by atoms with Crippen molar-refractivity contribution in [1.29, 1.82) is 0 Å². The Morgan fingerprint density at radius 1 is 1.16 bits per heavy atom. The molecular weight excluding hydrogens is 317 g/mol. The minimum Gasteiger partial charge on any atom is -0.368 e. The Kier molecular flexibility index (Phi) is 3.52. The fourth-order valence-corrected chi connectivity index (χ4v) is 3.15. The summed E-state index contributed by atoms with van der Waals surface area (Å²) in [6.07, 6.45) is 2.12. The van der Waals surface area contributed by atoms with Gasteiger partial charge in [0.2, 0.25) is 0 Å². The van der Waals surface area contributed by atoms with Gasteiger partial charge in [-0.15, -0.1) is 15.3 Å². The van der Waals surface area contributed by atoms with Crippen molar-refractivity contribution in [2.45, 2.75) is 44.4 Å². The Bertz CT molecular complexity index is 921. The van der Waals surface area contributed by atoms with Crippen LogP contribution < -0.4 is 5.32 Å². The van der Waals surface area contributed by atoms with Crippen molar-refractivity contribution in [3.8, 4) is 0 Å². The van der Waals surface area contributed by atoms with E-state index >= 15 is 0 Å². The van der Waals surface area contributed by atoms with Crippen molar-refractivity contribution in [3.05, 3.63) is 53.6 Å². The van der Waals surface area contributed by atoms with E-state index in [9.17, 15) is 4.39 Å². The molecule has 1 aromatic carbocycles. The molecule has 3 aromatic rings. The summed E-state index contributed by atoms with van der Waals surface area (Å²) in [6.45, 7) is 7.01. The average molecular weight is 339 g/mol. The molecule has 0 unspecified atom stereocenters. The standard InChI is InChI=1S/C19H22FN5/c1-18(2,3)17-23-22-16-8-7-15(24-25(16)17)21-12-19(9-10-19)13-5-4-6-14(20)11-13/h4-8,11H,9-10,12H2,1-3H3,(H,21,24). The molecule has 1 N–H and O–H groups in total. The predicted octanol–water partition coefficient (Wildman–Crippen LogP) is 3.70. The molecule has 1 aliphatic carbocycles. The SMILES string of the molecule is CC(C)(C)c1nnc2ccc(NCC3(c4cccc(F)c4)CC3)nn12. The van der Waals surface area contributed by atoms with Gasteiger partial charge in [-0.1, -0.05) is 32.9 Å². The summed E-state index contributed by atoms with van der Waals surface area (Å²) in [5.41, 5.74) is 1.67. The second-order valence-electron chi connectivity index (χ2n) is 7.91. The number of benzene rings is 1. The van der Waals surface area contributed by atoms with E-state index in [0.717, 1.165) is 42.2 Å². The fourth-order valence-electron chi connectivity index (χ4n) is 3.15. The van der Waals surface area contributed by atoms with Gasteiger partial charge in [0, 0.05) is 17.4 Å². The van der Waals surface area contributed by atoms with E-state index in [1.165, 1.54) is 6.07 Å². The Morgan fingerprint density at radius 3 is 2.64 bits per heavy atom. The summed E-state index contributed by atoms with van der Waals surface area (Å²) in [5.74, 6) is 1.43. The number of halogens is 1. The first-order valence-electron chi connectivity index (χ1n) is 8.60. The highest BCUT2D eigenvalue weighted by Crippen LogP contribution is 2.48. The highest BCUT2D eigenvalue weighted by molar-refractivity contribution is 5.46. The van der Waals surface area contributed by atoms with Gasteiger partial charge < -0.3 is 5.32 Å². The van der Waals surface area contributed by atoms with Crippen LogP contribution in [0.15, 0.2) is 36.4 Å². The van der Waals surface area contributed by atoms with Gasteiger partial charge >= 0.3 is 0 Å². The van der Waals surface area contributed by atoms with Crippen molar-refractivity contribution in [1.82, 2.24) is 19.8 Å². The van der Waals surface area contributed by atoms with Crippen LogP contribution in [0, 0.1) is 5.82 Å². The van der Waals surface area contributed by atoms with Crippen LogP contribution in [0.4, 0.5) is 10.2 Å². The molecule has 5 nitrogen and oxygen atoms in total. The Labute approximate surface area is 146 Å². The number of anilines is 1. The maximum Gasteiger partial charge on any atom is 0.178 e. The molecular formula is C19H22FN5. The summed E-state index contributed by atoms with van der Waals surface area (Å²) in [4.78, 5) is 0. The molecule has 1 saturated carbocycles. The van der Waals surface area contributed by atoms with Crippen LogP contribution in [-0.2, 0) is 10.8 Å². The molecule has 6 heteroatoms. The maximum atomic E-state index is 13.5. The molecule has 0 bridgehead atoms. The van der Waals surface area contributed by atoms with Crippen LogP contribution in [0.25, 0.3) is 5.65 Å². The number of hydrogen-bond acceptors (Lipinski definition) is 4. The van der Waals surface area contributed by atoms with Gasteiger partial charge in [-0.05, 0) is 42.7 Å². The van der Waals surface area contributed by atoms with Crippen molar-refractivity contribution >= 4 is 11.5 Å². The number of nitrogens with one attached hydrogen (secondary N) is 1. The van der Waals surface area contributed by atoms with Crippen molar-refractivity contribution in [2.24, 2.45) is 0 Å². The van der Waals surface area contributed by atoms with E-state index < -0.39 is 0 Å². The van der Waals surface area contributed by atoms with E-state index in [-0.39, 0.29) is 16.6 Å². The monoisotopic (exact) mass is 339 g/mol. The highest BCUT2D eigenvalue weighted by atomic mass is 19.1. The van der Waals surface area contributed by atoms with E-state index in [4.69, 9.17) is 0 Å². The second kappa shape index (κ2) is 5.51. The zero-order valence-electron chi connectivity index (χ0n) is 14.8. The third-order valence-corrected chi connectivity index (χ3v) is 4.83. The van der Waals surface area contributed by atoms with Crippen LogP contribution in [0.3, 0.4) is 0 Å². The van der Waals surface area contributed by atoms with Crippen LogP contribution in [-0.4, -0.2) is 26.4 Å². The quantitative estimate of drug-likeness (QED) is 0.787. The zero-order chi connectivity index (χ0) is 17.7. The molecule has 0 radical (unpaired) electrons. The third kappa shape index (κ3) is 2.97. The number of aromatic nitrogens is 4. The fraction of sp³-hybridized carbons (Fsp3) is 0.421. The van der Waals surface area contributed by atoms with Gasteiger partial charge in [-0.2, -0.15) is 4.52 Å². The largest absolute Gasteiger partial charge is 0.368 e. The Morgan fingerprint density at radius 2 is 1.96 bits per heavy atom. The summed E-state index contributed by atoms with van der Waals surface area (Å²) in [6, 6.07) is 10.7. The summed E-state index contributed by atoms with van der Waals surface area (Å²) in [5, 5.41) is 16.5. The first-order chi connectivity index (χ1) is 11.9. The second-order valence-corrected chi connectivity index (χ2v) is 7.91. The minimum atomic E-state index is -0.178. The first kappa shape index (κ1) is 16.0. The lowest BCUT2D eigenvalue weighted by Crippen LogP contribution is -2.21. The number of hydrogen-bond donors (Lipinski definition) is 1. The molecule has 2 aromatic heterocycles. The zero-order valence-corrected chi connectivity index (χ0v) is 14.8. The Hall–Kier alpha value is -2.50. The average Bonchev–Trinajstić information content (AvgIpc) is 3.23. The number of nitrogens with zero attached hydrogens (tertiary/aromatic N) is 4. The lowest BCUT2D eigenvalue weighted by molar-refractivity contribution is 0.527. The molecule has 1 aliphatic rings. The van der Waals surface area contributed by atoms with Crippen molar-refractivity contribution in [2.75, 3.05) is 11.9 Å². The van der Waals surface area contributed by atoms with Gasteiger partial charge in [0.15, 0.2) is 11.5 Å². The molecule has 1 fully saturated rings. The Balaban J connectivity index is 1.57. The van der Waals surface area contributed by atoms with E-state index in [1.807, 2.05) is 18.2 Å². The molecule has 4 rings (SSSR count). The highest BCUT2D eigenvalue weighted by Gasteiger charge is 2.44. The number of fused-ring (bicyclic) bond motifs is 1. The molecule has 2 heterocycles. The molecule has 0 aliphatic heterocycles. The molecule has 0 atom stereocenters. The maximum absolute atomic E-state index is 13.5. The third-order valence-electron chi connectivity index (χ3n) is 4.83. The molecule has 130 valence electrons. The number of rotatable bonds is 4. The smallest absolute Gasteiger partial charge is 0.178 e. The topological polar surface area (TPSA) is 55.1 Å². The van der Waals surface area contributed by atoms with Crippen molar-refractivity contribution < 1.29 is 4.39 Å². The van der Waals surface area contributed by atoms with Gasteiger partial charge in [0.25, 0.3) is 0 Å².